The first-order valence-corrected chi connectivity index (χ1v) is 9.42. The molecule has 1 unspecified atom stereocenters. The number of hydrogen-bond donors (Lipinski definition) is 0. The Balaban J connectivity index is 2.62. The second-order valence-electron chi connectivity index (χ2n) is 6.93. The maximum absolute atomic E-state index is 12.4. The average Bonchev–Trinajstić information content (AvgIpc) is 2.59. The van der Waals surface area contributed by atoms with Crippen LogP contribution < -0.4 is 0 Å². The van der Waals surface area contributed by atoms with Crippen molar-refractivity contribution < 1.29 is 19.1 Å². The first kappa shape index (κ1) is 21.2. The van der Waals surface area contributed by atoms with E-state index in [9.17, 15) is 9.59 Å². The van der Waals surface area contributed by atoms with Gasteiger partial charge >= 0.3 is 11.9 Å². The van der Waals surface area contributed by atoms with Crippen LogP contribution in [0.1, 0.15) is 86.9 Å². The Morgan fingerprint density at radius 1 is 0.920 bits per heavy atom. The molecule has 1 aromatic carbocycles. The lowest BCUT2D eigenvalue weighted by Crippen LogP contribution is -2.19. The average molecular weight is 348 g/mol. The highest BCUT2D eigenvalue weighted by molar-refractivity contribution is 6.03. The van der Waals surface area contributed by atoms with E-state index in [0.717, 1.165) is 38.5 Å². The molecule has 4 heteroatoms. The van der Waals surface area contributed by atoms with Gasteiger partial charge in [-0.15, -0.1) is 0 Å². The molecule has 0 N–H and O–H groups in total. The van der Waals surface area contributed by atoms with Gasteiger partial charge in [0.15, 0.2) is 0 Å². The van der Waals surface area contributed by atoms with E-state index in [1.165, 1.54) is 0 Å². The lowest BCUT2D eigenvalue weighted by Gasteiger charge is -2.15. The topological polar surface area (TPSA) is 52.6 Å². The van der Waals surface area contributed by atoms with Crippen LogP contribution in [0, 0.1) is 5.92 Å². The summed E-state index contributed by atoms with van der Waals surface area (Å²) in [6.07, 6.45) is 5.79. The molecule has 0 aliphatic rings. The van der Waals surface area contributed by atoms with Crippen LogP contribution in [-0.4, -0.2) is 24.6 Å². The van der Waals surface area contributed by atoms with Gasteiger partial charge in [-0.1, -0.05) is 52.2 Å². The summed E-state index contributed by atoms with van der Waals surface area (Å²) >= 11 is 0. The highest BCUT2D eigenvalue weighted by Gasteiger charge is 2.20. The smallest absolute Gasteiger partial charge is 0.339 e. The molecular formula is C21H32O4. The highest BCUT2D eigenvalue weighted by atomic mass is 16.5. The number of carbonyl (C=O) groups excluding carboxylic acids is 2. The fraction of sp³-hybridized carbons (Fsp3) is 0.619. The molecule has 0 radical (unpaired) electrons. The summed E-state index contributed by atoms with van der Waals surface area (Å²) < 4.78 is 10.8. The number of hydrogen-bond acceptors (Lipinski definition) is 4. The molecule has 1 atom stereocenters. The molecule has 0 aliphatic heterocycles. The predicted molar refractivity (Wildman–Crippen MR) is 99.8 cm³/mol. The minimum absolute atomic E-state index is 0.173. The minimum Gasteiger partial charge on any atom is -0.462 e. The maximum atomic E-state index is 12.4. The zero-order chi connectivity index (χ0) is 18.7. The Kier molecular flexibility index (Phi) is 9.90. The van der Waals surface area contributed by atoms with Gasteiger partial charge in [0.05, 0.1) is 23.8 Å². The summed E-state index contributed by atoms with van der Waals surface area (Å²) in [4.78, 5) is 24.7. The van der Waals surface area contributed by atoms with Gasteiger partial charge in [-0.25, -0.2) is 9.59 Å². The van der Waals surface area contributed by atoms with Crippen LogP contribution in [0.2, 0.25) is 0 Å². The molecule has 0 aliphatic carbocycles. The monoisotopic (exact) mass is 348 g/mol. The lowest BCUT2D eigenvalue weighted by atomic mass is 10.1. The summed E-state index contributed by atoms with van der Waals surface area (Å²) in [6.45, 7) is 8.68. The fourth-order valence-corrected chi connectivity index (χ4v) is 2.48. The van der Waals surface area contributed by atoms with E-state index >= 15 is 0 Å². The van der Waals surface area contributed by atoms with E-state index in [1.807, 2.05) is 6.92 Å². The molecule has 0 fully saturated rings. The van der Waals surface area contributed by atoms with Crippen molar-refractivity contribution in [3.63, 3.8) is 0 Å². The number of esters is 2. The summed E-state index contributed by atoms with van der Waals surface area (Å²) in [7, 11) is 0. The minimum atomic E-state index is -0.463. The van der Waals surface area contributed by atoms with Crippen molar-refractivity contribution in [1.29, 1.82) is 0 Å². The first-order valence-electron chi connectivity index (χ1n) is 9.42. The Morgan fingerprint density at radius 2 is 1.56 bits per heavy atom. The number of rotatable bonds is 11. The van der Waals surface area contributed by atoms with E-state index in [4.69, 9.17) is 9.47 Å². The van der Waals surface area contributed by atoms with Gasteiger partial charge in [0.1, 0.15) is 0 Å². The zero-order valence-electron chi connectivity index (χ0n) is 16.0. The predicted octanol–water partition coefficient (Wildman–Crippen LogP) is 5.41. The molecule has 25 heavy (non-hydrogen) atoms. The summed E-state index contributed by atoms with van der Waals surface area (Å²) in [6, 6.07) is 6.69. The van der Waals surface area contributed by atoms with E-state index in [1.54, 1.807) is 24.3 Å². The van der Waals surface area contributed by atoms with E-state index in [-0.39, 0.29) is 17.2 Å². The van der Waals surface area contributed by atoms with Crippen LogP contribution >= 0.6 is 0 Å². The summed E-state index contributed by atoms with van der Waals surface area (Å²) in [5, 5.41) is 0. The fourth-order valence-electron chi connectivity index (χ4n) is 2.48. The van der Waals surface area contributed by atoms with E-state index < -0.39 is 11.9 Å². The van der Waals surface area contributed by atoms with Gasteiger partial charge in [-0.3, -0.25) is 0 Å². The molecule has 140 valence electrons. The molecule has 0 heterocycles. The number of carbonyl (C=O) groups is 2. The third kappa shape index (κ3) is 8.19. The molecular weight excluding hydrogens is 316 g/mol. The second kappa shape index (κ2) is 11.7. The van der Waals surface area contributed by atoms with Gasteiger partial charge < -0.3 is 9.47 Å². The van der Waals surface area contributed by atoms with Crippen molar-refractivity contribution in [2.24, 2.45) is 5.92 Å². The van der Waals surface area contributed by atoms with Crippen LogP contribution in [-0.2, 0) is 9.47 Å². The molecule has 1 rings (SSSR count). The lowest BCUT2D eigenvalue weighted by molar-refractivity contribution is 0.0302. The van der Waals surface area contributed by atoms with Crippen molar-refractivity contribution in [2.45, 2.75) is 72.3 Å². The Bertz CT molecular complexity index is 536. The van der Waals surface area contributed by atoms with Gasteiger partial charge in [0.2, 0.25) is 0 Å². The quantitative estimate of drug-likeness (QED) is 0.396. The van der Waals surface area contributed by atoms with Gasteiger partial charge in [0.25, 0.3) is 0 Å². The second-order valence-corrected chi connectivity index (χ2v) is 6.93. The normalized spacial score (nSPS) is 12.0. The third-order valence-electron chi connectivity index (χ3n) is 4.06. The molecule has 4 nitrogen and oxygen atoms in total. The first-order chi connectivity index (χ1) is 12.0. The SMILES string of the molecule is CCCCCCOC(=O)c1ccccc1C(=O)OC(C)CCC(C)C. The number of ether oxygens (including phenoxy) is 2. The number of benzene rings is 1. The summed E-state index contributed by atoms with van der Waals surface area (Å²) in [5.74, 6) is -0.357. The van der Waals surface area contributed by atoms with Crippen LogP contribution in [0.5, 0.6) is 0 Å². The van der Waals surface area contributed by atoms with Gasteiger partial charge in [-0.05, 0) is 44.2 Å². The maximum Gasteiger partial charge on any atom is 0.339 e. The van der Waals surface area contributed by atoms with Crippen molar-refractivity contribution in [1.82, 2.24) is 0 Å². The molecule has 0 saturated heterocycles. The van der Waals surface area contributed by atoms with Crippen molar-refractivity contribution in [3.05, 3.63) is 35.4 Å². The molecule has 0 spiro atoms. The zero-order valence-corrected chi connectivity index (χ0v) is 16.0. The number of unbranched alkanes of at least 4 members (excludes halogenated alkanes) is 3. The standard InChI is InChI=1S/C21H32O4/c1-5-6-7-10-15-24-20(22)18-11-8-9-12-19(18)21(23)25-17(4)14-13-16(2)3/h8-9,11-12,16-17H,5-7,10,13-15H2,1-4H3. The highest BCUT2D eigenvalue weighted by Crippen LogP contribution is 2.16. The molecule has 0 aromatic heterocycles. The van der Waals surface area contributed by atoms with E-state index in [2.05, 4.69) is 20.8 Å². The Labute approximate surface area is 151 Å². The van der Waals surface area contributed by atoms with Crippen LogP contribution in [0.3, 0.4) is 0 Å². The Hall–Kier alpha value is -1.84. The van der Waals surface area contributed by atoms with Gasteiger partial charge in [-0.2, -0.15) is 0 Å². The van der Waals surface area contributed by atoms with Crippen LogP contribution in [0.4, 0.5) is 0 Å². The van der Waals surface area contributed by atoms with Gasteiger partial charge in [0, 0.05) is 0 Å². The molecule has 0 amide bonds. The van der Waals surface area contributed by atoms with Crippen molar-refractivity contribution in [2.75, 3.05) is 6.61 Å². The molecule has 0 saturated carbocycles. The van der Waals surface area contributed by atoms with Crippen LogP contribution in [0.25, 0.3) is 0 Å². The van der Waals surface area contributed by atoms with Crippen molar-refractivity contribution in [3.8, 4) is 0 Å². The van der Waals surface area contributed by atoms with E-state index in [0.29, 0.717) is 12.5 Å². The molecule has 1 aromatic rings. The van der Waals surface area contributed by atoms with Crippen molar-refractivity contribution >= 4 is 11.9 Å². The molecule has 0 bridgehead atoms. The summed E-state index contributed by atoms with van der Waals surface area (Å²) in [5.41, 5.74) is 0.552. The third-order valence-corrected chi connectivity index (χ3v) is 4.06. The Morgan fingerprint density at radius 3 is 2.16 bits per heavy atom. The largest absolute Gasteiger partial charge is 0.462 e. The van der Waals surface area contributed by atoms with Crippen LogP contribution in [0.15, 0.2) is 24.3 Å².